The van der Waals surface area contributed by atoms with Gasteiger partial charge in [-0.3, -0.25) is 9.88 Å². The highest BCUT2D eigenvalue weighted by Crippen LogP contribution is 2.22. The van der Waals surface area contributed by atoms with Crippen LogP contribution < -0.4 is 0 Å². The van der Waals surface area contributed by atoms with Gasteiger partial charge in [-0.25, -0.2) is 0 Å². The smallest absolute Gasteiger partial charge is 0.0957 e. The largest absolute Gasteiger partial charge is 0.366 e. The second-order valence-corrected chi connectivity index (χ2v) is 7.67. The lowest BCUT2D eigenvalue weighted by molar-refractivity contribution is 0.00857. The molecule has 0 radical (unpaired) electrons. The van der Waals surface area contributed by atoms with Crippen molar-refractivity contribution < 1.29 is 4.74 Å². The lowest BCUT2D eigenvalue weighted by Gasteiger charge is -2.28. The summed E-state index contributed by atoms with van der Waals surface area (Å²) in [6.07, 6.45) is 1.77. The van der Waals surface area contributed by atoms with Crippen LogP contribution in [0.2, 0.25) is 0 Å². The average Bonchev–Trinajstić information content (AvgIpc) is 2.84. The number of aromatic nitrogens is 1. The molecule has 4 aromatic rings. The highest BCUT2D eigenvalue weighted by Gasteiger charge is 2.18. The quantitative estimate of drug-likeness (QED) is 0.320. The van der Waals surface area contributed by atoms with Crippen LogP contribution in [0.3, 0.4) is 0 Å². The number of nitrogens with zero attached hydrogens (tertiary/aromatic N) is 2. The van der Waals surface area contributed by atoms with Gasteiger partial charge < -0.3 is 4.74 Å². The van der Waals surface area contributed by atoms with Gasteiger partial charge in [0.05, 0.1) is 18.4 Å². The standard InChI is InChI=1S/C28H28N2O/c1-4-12-24(13-5-1)20-30(21-25-14-6-2-7-15-25)22-28(26-16-8-3-9-17-26)31-23-27-18-10-11-19-29-27/h1-19,28H,20-23H2/t28-/m1/s1. The average molecular weight is 409 g/mol. The molecule has 0 aliphatic carbocycles. The van der Waals surface area contributed by atoms with Crippen molar-refractivity contribution in [2.75, 3.05) is 6.54 Å². The van der Waals surface area contributed by atoms with E-state index in [0.717, 1.165) is 25.3 Å². The van der Waals surface area contributed by atoms with Crippen LogP contribution in [-0.4, -0.2) is 16.4 Å². The van der Waals surface area contributed by atoms with Gasteiger partial charge in [-0.1, -0.05) is 97.1 Å². The van der Waals surface area contributed by atoms with E-state index >= 15 is 0 Å². The van der Waals surface area contributed by atoms with Crippen molar-refractivity contribution in [2.45, 2.75) is 25.8 Å². The number of ether oxygens (including phenoxy) is 1. The summed E-state index contributed by atoms with van der Waals surface area (Å²) in [5.41, 5.74) is 4.73. The van der Waals surface area contributed by atoms with Crippen molar-refractivity contribution in [1.82, 2.24) is 9.88 Å². The molecule has 3 heteroatoms. The van der Waals surface area contributed by atoms with Gasteiger partial charge in [0.2, 0.25) is 0 Å². The number of hydrogen-bond donors (Lipinski definition) is 0. The Morgan fingerprint density at radius 2 is 1.19 bits per heavy atom. The molecule has 1 atom stereocenters. The Bertz CT molecular complexity index is 966. The van der Waals surface area contributed by atoms with E-state index in [0.29, 0.717) is 6.61 Å². The SMILES string of the molecule is c1ccc(CN(Cc2ccccc2)C[C@@H](OCc2ccccn2)c2ccccc2)cc1. The zero-order valence-corrected chi connectivity index (χ0v) is 17.7. The molecule has 0 aliphatic rings. The fourth-order valence-corrected chi connectivity index (χ4v) is 3.69. The molecule has 0 bridgehead atoms. The molecule has 0 fully saturated rings. The van der Waals surface area contributed by atoms with E-state index in [1.54, 1.807) is 0 Å². The molecule has 1 aromatic heterocycles. The summed E-state index contributed by atoms with van der Waals surface area (Å²) in [5.74, 6) is 0. The van der Waals surface area contributed by atoms with E-state index in [2.05, 4.69) is 94.8 Å². The molecule has 0 N–H and O–H groups in total. The maximum absolute atomic E-state index is 6.42. The molecule has 1 heterocycles. The van der Waals surface area contributed by atoms with E-state index in [4.69, 9.17) is 4.74 Å². The van der Waals surface area contributed by atoms with Crippen molar-refractivity contribution in [3.05, 3.63) is 138 Å². The predicted molar refractivity (Wildman–Crippen MR) is 125 cm³/mol. The molecule has 0 saturated carbocycles. The number of benzene rings is 3. The molecule has 0 spiro atoms. The van der Waals surface area contributed by atoms with Gasteiger partial charge in [-0.2, -0.15) is 0 Å². The molecule has 0 amide bonds. The molecule has 0 saturated heterocycles. The molecule has 31 heavy (non-hydrogen) atoms. The first-order valence-corrected chi connectivity index (χ1v) is 10.7. The summed E-state index contributed by atoms with van der Waals surface area (Å²) >= 11 is 0. The lowest BCUT2D eigenvalue weighted by atomic mass is 10.1. The Hall–Kier alpha value is -3.27. The van der Waals surface area contributed by atoms with E-state index < -0.39 is 0 Å². The second kappa shape index (κ2) is 11.2. The van der Waals surface area contributed by atoms with E-state index in [9.17, 15) is 0 Å². The highest BCUT2D eigenvalue weighted by atomic mass is 16.5. The van der Waals surface area contributed by atoms with Crippen molar-refractivity contribution in [1.29, 1.82) is 0 Å². The maximum Gasteiger partial charge on any atom is 0.0957 e. The van der Waals surface area contributed by atoms with Crippen molar-refractivity contribution in [3.8, 4) is 0 Å². The summed E-state index contributed by atoms with van der Waals surface area (Å²) in [6, 6.07) is 37.7. The van der Waals surface area contributed by atoms with E-state index in [1.807, 2.05) is 30.5 Å². The first kappa shape index (κ1) is 21.0. The zero-order valence-electron chi connectivity index (χ0n) is 17.7. The Morgan fingerprint density at radius 1 is 0.645 bits per heavy atom. The van der Waals surface area contributed by atoms with Gasteiger partial charge in [0, 0.05) is 25.8 Å². The Balaban J connectivity index is 1.54. The van der Waals surface area contributed by atoms with Crippen LogP contribution in [0.1, 0.15) is 28.5 Å². The summed E-state index contributed by atoms with van der Waals surface area (Å²) in [7, 11) is 0. The highest BCUT2D eigenvalue weighted by molar-refractivity contribution is 5.20. The molecule has 3 nitrogen and oxygen atoms in total. The zero-order chi connectivity index (χ0) is 21.1. The van der Waals surface area contributed by atoms with Crippen molar-refractivity contribution in [3.63, 3.8) is 0 Å². The second-order valence-electron chi connectivity index (χ2n) is 7.67. The van der Waals surface area contributed by atoms with Gasteiger partial charge in [-0.05, 0) is 28.8 Å². The lowest BCUT2D eigenvalue weighted by Crippen LogP contribution is -2.29. The third-order valence-corrected chi connectivity index (χ3v) is 5.25. The van der Waals surface area contributed by atoms with Crippen LogP contribution >= 0.6 is 0 Å². The monoisotopic (exact) mass is 408 g/mol. The Labute approximate surface area is 185 Å². The van der Waals surface area contributed by atoms with E-state index in [-0.39, 0.29) is 6.10 Å². The fourth-order valence-electron chi connectivity index (χ4n) is 3.69. The molecule has 4 rings (SSSR count). The van der Waals surface area contributed by atoms with Crippen LogP contribution in [0.15, 0.2) is 115 Å². The minimum Gasteiger partial charge on any atom is -0.366 e. The van der Waals surface area contributed by atoms with Gasteiger partial charge in [0.25, 0.3) is 0 Å². The molecule has 3 aromatic carbocycles. The molecular weight excluding hydrogens is 380 g/mol. The van der Waals surface area contributed by atoms with Gasteiger partial charge in [0.15, 0.2) is 0 Å². The van der Waals surface area contributed by atoms with Gasteiger partial charge in [-0.15, -0.1) is 0 Å². The summed E-state index contributed by atoms with van der Waals surface area (Å²) in [4.78, 5) is 6.88. The summed E-state index contributed by atoms with van der Waals surface area (Å²) in [6.45, 7) is 3.02. The third kappa shape index (κ3) is 6.61. The van der Waals surface area contributed by atoms with Gasteiger partial charge >= 0.3 is 0 Å². The van der Waals surface area contributed by atoms with Crippen LogP contribution in [0.25, 0.3) is 0 Å². The first-order chi connectivity index (χ1) is 15.4. The molecular formula is C28H28N2O. The minimum atomic E-state index is -0.0457. The van der Waals surface area contributed by atoms with Gasteiger partial charge in [0.1, 0.15) is 0 Å². The fraction of sp³-hybridized carbons (Fsp3) is 0.179. The normalized spacial score (nSPS) is 12.0. The number of hydrogen-bond acceptors (Lipinski definition) is 3. The van der Waals surface area contributed by atoms with Crippen LogP contribution in [0, 0.1) is 0 Å². The van der Waals surface area contributed by atoms with Crippen molar-refractivity contribution in [2.24, 2.45) is 0 Å². The Morgan fingerprint density at radius 3 is 1.74 bits per heavy atom. The van der Waals surface area contributed by atoms with Crippen LogP contribution in [0.4, 0.5) is 0 Å². The third-order valence-electron chi connectivity index (χ3n) is 5.25. The molecule has 0 aliphatic heterocycles. The Kier molecular flexibility index (Phi) is 7.59. The summed E-state index contributed by atoms with van der Waals surface area (Å²) in [5, 5.41) is 0. The van der Waals surface area contributed by atoms with E-state index in [1.165, 1.54) is 16.7 Å². The predicted octanol–water partition coefficient (Wildman–Crippen LogP) is 6.04. The molecule has 0 unspecified atom stereocenters. The number of pyridine rings is 1. The topological polar surface area (TPSA) is 25.4 Å². The molecule has 156 valence electrons. The van der Waals surface area contributed by atoms with Crippen molar-refractivity contribution >= 4 is 0 Å². The summed E-state index contributed by atoms with van der Waals surface area (Å²) < 4.78 is 6.42. The van der Waals surface area contributed by atoms with Crippen LogP contribution in [0.5, 0.6) is 0 Å². The van der Waals surface area contributed by atoms with Crippen LogP contribution in [-0.2, 0) is 24.4 Å². The minimum absolute atomic E-state index is 0.0457. The first-order valence-electron chi connectivity index (χ1n) is 10.7. The number of rotatable bonds is 10. The maximum atomic E-state index is 6.42.